The van der Waals surface area contributed by atoms with Gasteiger partial charge in [-0.05, 0) is 30.9 Å². The molecular formula is C12H23N3. The molecule has 1 aromatic heterocycles. The van der Waals surface area contributed by atoms with Gasteiger partial charge in [-0.15, -0.1) is 0 Å². The number of aromatic nitrogens is 2. The summed E-state index contributed by atoms with van der Waals surface area (Å²) in [7, 11) is 4.00. The highest BCUT2D eigenvalue weighted by Crippen LogP contribution is 2.22. The van der Waals surface area contributed by atoms with Crippen molar-refractivity contribution in [3.05, 3.63) is 18.0 Å². The van der Waals surface area contributed by atoms with Crippen LogP contribution in [0, 0.1) is 5.41 Å². The predicted octanol–water partition coefficient (Wildman–Crippen LogP) is 1.99. The van der Waals surface area contributed by atoms with Gasteiger partial charge >= 0.3 is 0 Å². The van der Waals surface area contributed by atoms with Gasteiger partial charge < -0.3 is 5.32 Å². The van der Waals surface area contributed by atoms with Crippen molar-refractivity contribution in [2.24, 2.45) is 12.5 Å². The fourth-order valence-electron chi connectivity index (χ4n) is 1.92. The standard InChI is InChI=1S/C12H23N3/c1-12(2,3)11(13-4)7-6-10-8-14-15(5)9-10/h8-9,11,13H,6-7H2,1-5H3. The molecule has 0 saturated heterocycles. The van der Waals surface area contributed by atoms with Crippen LogP contribution in [0.15, 0.2) is 12.4 Å². The molecule has 1 rings (SSSR count). The first kappa shape index (κ1) is 12.2. The number of nitrogens with zero attached hydrogens (tertiary/aromatic N) is 2. The molecule has 1 heterocycles. The highest BCUT2D eigenvalue weighted by molar-refractivity contribution is 5.04. The average Bonchev–Trinajstić information content (AvgIpc) is 2.50. The minimum absolute atomic E-state index is 0.316. The first-order chi connectivity index (χ1) is 6.93. The Hall–Kier alpha value is -0.830. The quantitative estimate of drug-likeness (QED) is 0.822. The van der Waals surface area contributed by atoms with Gasteiger partial charge in [-0.2, -0.15) is 5.10 Å². The van der Waals surface area contributed by atoms with Crippen LogP contribution in [0.2, 0.25) is 0 Å². The zero-order valence-electron chi connectivity index (χ0n) is 10.5. The van der Waals surface area contributed by atoms with E-state index in [0.717, 1.165) is 12.8 Å². The van der Waals surface area contributed by atoms with Crippen LogP contribution in [0.25, 0.3) is 0 Å². The summed E-state index contributed by atoms with van der Waals surface area (Å²) >= 11 is 0. The maximum absolute atomic E-state index is 4.18. The first-order valence-electron chi connectivity index (χ1n) is 5.58. The van der Waals surface area contributed by atoms with E-state index in [-0.39, 0.29) is 0 Å². The van der Waals surface area contributed by atoms with Gasteiger partial charge in [-0.3, -0.25) is 4.68 Å². The van der Waals surface area contributed by atoms with Gasteiger partial charge in [0.15, 0.2) is 0 Å². The Morgan fingerprint density at radius 1 is 1.47 bits per heavy atom. The van der Waals surface area contributed by atoms with Crippen LogP contribution in [0.4, 0.5) is 0 Å². The Balaban J connectivity index is 2.48. The number of nitrogens with one attached hydrogen (secondary N) is 1. The SMILES string of the molecule is CNC(CCc1cnn(C)c1)C(C)(C)C. The Morgan fingerprint density at radius 2 is 2.13 bits per heavy atom. The molecular weight excluding hydrogens is 186 g/mol. The summed E-state index contributed by atoms with van der Waals surface area (Å²) in [5.74, 6) is 0. The molecule has 15 heavy (non-hydrogen) atoms. The van der Waals surface area contributed by atoms with Crippen LogP contribution in [0.3, 0.4) is 0 Å². The minimum Gasteiger partial charge on any atom is -0.316 e. The minimum atomic E-state index is 0.316. The van der Waals surface area contributed by atoms with Crippen LogP contribution in [-0.2, 0) is 13.5 Å². The van der Waals surface area contributed by atoms with Crippen molar-refractivity contribution in [3.8, 4) is 0 Å². The van der Waals surface area contributed by atoms with Gasteiger partial charge in [-0.1, -0.05) is 20.8 Å². The fraction of sp³-hybridized carbons (Fsp3) is 0.750. The normalized spacial score (nSPS) is 14.2. The Bertz CT molecular complexity index is 296. The molecule has 0 saturated carbocycles. The molecule has 3 nitrogen and oxygen atoms in total. The molecule has 1 N–H and O–H groups in total. The number of aryl methyl sites for hydroxylation is 2. The van der Waals surface area contributed by atoms with Crippen molar-refractivity contribution in [1.82, 2.24) is 15.1 Å². The van der Waals surface area contributed by atoms with Crippen LogP contribution >= 0.6 is 0 Å². The van der Waals surface area contributed by atoms with Crippen molar-refractivity contribution in [1.29, 1.82) is 0 Å². The van der Waals surface area contributed by atoms with Crippen molar-refractivity contribution < 1.29 is 0 Å². The van der Waals surface area contributed by atoms with E-state index in [1.165, 1.54) is 5.56 Å². The lowest BCUT2D eigenvalue weighted by Crippen LogP contribution is -2.38. The van der Waals surface area contributed by atoms with Gasteiger partial charge in [0.2, 0.25) is 0 Å². The summed E-state index contributed by atoms with van der Waals surface area (Å²) < 4.78 is 1.86. The molecule has 0 bridgehead atoms. The Kier molecular flexibility index (Phi) is 3.91. The summed E-state index contributed by atoms with van der Waals surface area (Å²) in [4.78, 5) is 0. The average molecular weight is 209 g/mol. The van der Waals surface area contributed by atoms with Gasteiger partial charge in [0, 0.05) is 19.3 Å². The van der Waals surface area contributed by atoms with Gasteiger partial charge in [0.05, 0.1) is 6.20 Å². The molecule has 86 valence electrons. The zero-order valence-corrected chi connectivity index (χ0v) is 10.5. The molecule has 0 spiro atoms. The van der Waals surface area contributed by atoms with Crippen molar-refractivity contribution in [2.75, 3.05) is 7.05 Å². The van der Waals surface area contributed by atoms with E-state index in [4.69, 9.17) is 0 Å². The van der Waals surface area contributed by atoms with Crippen LogP contribution in [-0.4, -0.2) is 22.9 Å². The lowest BCUT2D eigenvalue weighted by Gasteiger charge is -2.30. The molecule has 0 radical (unpaired) electrons. The maximum Gasteiger partial charge on any atom is 0.0521 e. The van der Waals surface area contributed by atoms with Crippen molar-refractivity contribution in [3.63, 3.8) is 0 Å². The predicted molar refractivity (Wildman–Crippen MR) is 63.8 cm³/mol. The third-order valence-corrected chi connectivity index (χ3v) is 2.87. The number of hydrogen-bond donors (Lipinski definition) is 1. The van der Waals surface area contributed by atoms with E-state index < -0.39 is 0 Å². The number of hydrogen-bond acceptors (Lipinski definition) is 2. The molecule has 1 unspecified atom stereocenters. The Labute approximate surface area is 92.9 Å². The largest absolute Gasteiger partial charge is 0.316 e. The third-order valence-electron chi connectivity index (χ3n) is 2.87. The fourth-order valence-corrected chi connectivity index (χ4v) is 1.92. The van der Waals surface area contributed by atoms with Gasteiger partial charge in [-0.25, -0.2) is 0 Å². The van der Waals surface area contributed by atoms with Crippen LogP contribution in [0.5, 0.6) is 0 Å². The van der Waals surface area contributed by atoms with Gasteiger partial charge in [0.1, 0.15) is 0 Å². The summed E-state index contributed by atoms with van der Waals surface area (Å²) in [6, 6.07) is 0.553. The van der Waals surface area contributed by atoms with E-state index in [1.807, 2.05) is 25.0 Å². The second kappa shape index (κ2) is 4.79. The molecule has 0 aromatic carbocycles. The molecule has 0 amide bonds. The van der Waals surface area contributed by atoms with Crippen molar-refractivity contribution in [2.45, 2.75) is 39.7 Å². The van der Waals surface area contributed by atoms with E-state index in [1.54, 1.807) is 0 Å². The smallest absolute Gasteiger partial charge is 0.0521 e. The van der Waals surface area contributed by atoms with Crippen molar-refractivity contribution >= 4 is 0 Å². The second-order valence-corrected chi connectivity index (χ2v) is 5.27. The van der Waals surface area contributed by atoms with E-state index >= 15 is 0 Å². The highest BCUT2D eigenvalue weighted by Gasteiger charge is 2.22. The van der Waals surface area contributed by atoms with Crippen LogP contribution < -0.4 is 5.32 Å². The third kappa shape index (κ3) is 3.67. The Morgan fingerprint density at radius 3 is 2.53 bits per heavy atom. The second-order valence-electron chi connectivity index (χ2n) is 5.27. The lowest BCUT2D eigenvalue weighted by atomic mass is 9.83. The summed E-state index contributed by atoms with van der Waals surface area (Å²) in [5, 5.41) is 7.57. The number of rotatable bonds is 4. The molecule has 0 aliphatic heterocycles. The van der Waals surface area contributed by atoms with E-state index in [0.29, 0.717) is 11.5 Å². The molecule has 0 aliphatic carbocycles. The molecule has 1 aromatic rings. The lowest BCUT2D eigenvalue weighted by molar-refractivity contribution is 0.268. The molecule has 1 atom stereocenters. The van der Waals surface area contributed by atoms with Crippen LogP contribution in [0.1, 0.15) is 32.8 Å². The summed E-state index contributed by atoms with van der Waals surface area (Å²) in [5.41, 5.74) is 1.64. The first-order valence-corrected chi connectivity index (χ1v) is 5.58. The monoisotopic (exact) mass is 209 g/mol. The van der Waals surface area contributed by atoms with E-state index in [2.05, 4.69) is 37.4 Å². The topological polar surface area (TPSA) is 29.9 Å². The molecule has 0 fully saturated rings. The summed E-state index contributed by atoms with van der Waals surface area (Å²) in [6.07, 6.45) is 6.30. The molecule has 3 heteroatoms. The highest BCUT2D eigenvalue weighted by atomic mass is 15.2. The zero-order chi connectivity index (χ0) is 11.5. The van der Waals surface area contributed by atoms with Gasteiger partial charge in [0.25, 0.3) is 0 Å². The summed E-state index contributed by atoms with van der Waals surface area (Å²) in [6.45, 7) is 6.83. The molecule has 0 aliphatic rings. The van der Waals surface area contributed by atoms with E-state index in [9.17, 15) is 0 Å². The maximum atomic E-state index is 4.18.